The van der Waals surface area contributed by atoms with Crippen molar-refractivity contribution < 1.29 is 14.3 Å². The van der Waals surface area contributed by atoms with Crippen LogP contribution in [0.5, 0.6) is 0 Å². The van der Waals surface area contributed by atoms with Crippen molar-refractivity contribution in [1.29, 1.82) is 0 Å². The van der Waals surface area contributed by atoms with E-state index in [4.69, 9.17) is 4.74 Å². The van der Waals surface area contributed by atoms with E-state index in [1.165, 1.54) is 13.3 Å². The fraction of sp³-hybridized carbons (Fsp3) is 0.100. The molecule has 1 aromatic carbocycles. The number of nitrogens with zero attached hydrogens (tertiary/aromatic N) is 2. The molecule has 0 radical (unpaired) electrons. The molecular formula is C20H18N4O3. The van der Waals surface area contributed by atoms with Crippen molar-refractivity contribution in [2.24, 2.45) is 0 Å². The quantitative estimate of drug-likeness (QED) is 0.655. The minimum absolute atomic E-state index is 0.250. The minimum Gasteiger partial charge on any atom is -0.465 e. The summed E-state index contributed by atoms with van der Waals surface area (Å²) >= 11 is 0. The van der Waals surface area contributed by atoms with Crippen LogP contribution in [0, 0.1) is 0 Å². The number of rotatable bonds is 6. The second-order valence-corrected chi connectivity index (χ2v) is 5.66. The Hall–Kier alpha value is -3.74. The van der Waals surface area contributed by atoms with Crippen LogP contribution < -0.4 is 10.6 Å². The maximum absolute atomic E-state index is 12.3. The van der Waals surface area contributed by atoms with Gasteiger partial charge in [-0.25, -0.2) is 4.79 Å². The molecule has 7 heteroatoms. The first-order valence-corrected chi connectivity index (χ1v) is 8.24. The third-order valence-electron chi connectivity index (χ3n) is 3.73. The molecule has 0 unspecified atom stereocenters. The summed E-state index contributed by atoms with van der Waals surface area (Å²) in [4.78, 5) is 32.2. The van der Waals surface area contributed by atoms with Gasteiger partial charge in [-0.3, -0.25) is 14.8 Å². The number of methoxy groups -OCH3 is 1. The Labute approximate surface area is 156 Å². The molecule has 1 amide bonds. The summed E-state index contributed by atoms with van der Waals surface area (Å²) in [5.74, 6) is -0.667. The van der Waals surface area contributed by atoms with Crippen LogP contribution in [0.4, 0.5) is 11.4 Å². The largest absolute Gasteiger partial charge is 0.465 e. The summed E-state index contributed by atoms with van der Waals surface area (Å²) in [7, 11) is 1.33. The molecule has 0 fully saturated rings. The molecule has 0 bridgehead atoms. The molecule has 7 nitrogen and oxygen atoms in total. The number of aromatic nitrogens is 2. The van der Waals surface area contributed by atoms with E-state index in [0.29, 0.717) is 29.0 Å². The van der Waals surface area contributed by atoms with Gasteiger partial charge in [0.1, 0.15) is 0 Å². The highest BCUT2D eigenvalue weighted by molar-refractivity contribution is 5.95. The Morgan fingerprint density at radius 1 is 1.00 bits per heavy atom. The number of esters is 1. The molecule has 0 aliphatic carbocycles. The minimum atomic E-state index is -0.417. The summed E-state index contributed by atoms with van der Waals surface area (Å²) in [5, 5.41) is 5.94. The zero-order valence-corrected chi connectivity index (χ0v) is 14.7. The number of hydrogen-bond acceptors (Lipinski definition) is 6. The molecule has 3 aromatic rings. The van der Waals surface area contributed by atoms with Crippen molar-refractivity contribution in [3.8, 4) is 0 Å². The standard InChI is InChI=1S/C20H18N4O3/c1-27-20(26)14-5-4-7-16(9-14)24-18-10-15(11-21-12-18)19(25)23-13-17-6-2-3-8-22-17/h2-12,24H,13H2,1H3,(H,23,25). The van der Waals surface area contributed by atoms with Crippen LogP contribution in [-0.4, -0.2) is 29.0 Å². The highest BCUT2D eigenvalue weighted by Crippen LogP contribution is 2.18. The summed E-state index contributed by atoms with van der Waals surface area (Å²) in [5.41, 5.74) is 2.93. The van der Waals surface area contributed by atoms with Gasteiger partial charge in [0.2, 0.25) is 0 Å². The molecule has 2 aromatic heterocycles. The van der Waals surface area contributed by atoms with Crippen molar-refractivity contribution >= 4 is 23.3 Å². The average Bonchev–Trinajstić information content (AvgIpc) is 2.72. The maximum atomic E-state index is 12.3. The van der Waals surface area contributed by atoms with E-state index in [0.717, 1.165) is 5.69 Å². The van der Waals surface area contributed by atoms with Crippen LogP contribution in [0.15, 0.2) is 67.1 Å². The van der Waals surface area contributed by atoms with Gasteiger partial charge in [-0.2, -0.15) is 0 Å². The lowest BCUT2D eigenvalue weighted by molar-refractivity contribution is 0.0600. The SMILES string of the molecule is COC(=O)c1cccc(Nc2cncc(C(=O)NCc3ccccn3)c2)c1. The molecule has 136 valence electrons. The van der Waals surface area contributed by atoms with Crippen LogP contribution in [0.25, 0.3) is 0 Å². The molecule has 27 heavy (non-hydrogen) atoms. The molecule has 0 saturated carbocycles. The first kappa shape index (κ1) is 18.1. The summed E-state index contributed by atoms with van der Waals surface area (Å²) in [6.07, 6.45) is 4.76. The molecule has 0 aliphatic heterocycles. The average molecular weight is 362 g/mol. The topological polar surface area (TPSA) is 93.2 Å². The Kier molecular flexibility index (Phi) is 5.73. The summed E-state index contributed by atoms with van der Waals surface area (Å²) < 4.78 is 4.72. The van der Waals surface area contributed by atoms with Crippen molar-refractivity contribution in [2.75, 3.05) is 12.4 Å². The fourth-order valence-electron chi connectivity index (χ4n) is 2.42. The van der Waals surface area contributed by atoms with E-state index < -0.39 is 5.97 Å². The Morgan fingerprint density at radius 2 is 1.85 bits per heavy atom. The van der Waals surface area contributed by atoms with Gasteiger partial charge in [-0.15, -0.1) is 0 Å². The second-order valence-electron chi connectivity index (χ2n) is 5.66. The van der Waals surface area contributed by atoms with Gasteiger partial charge in [-0.05, 0) is 36.4 Å². The van der Waals surface area contributed by atoms with Crippen molar-refractivity contribution in [3.63, 3.8) is 0 Å². The lowest BCUT2D eigenvalue weighted by atomic mass is 10.2. The van der Waals surface area contributed by atoms with E-state index >= 15 is 0 Å². The van der Waals surface area contributed by atoms with Gasteiger partial charge in [0.25, 0.3) is 5.91 Å². The molecule has 0 spiro atoms. The zero-order valence-electron chi connectivity index (χ0n) is 14.7. The van der Waals surface area contributed by atoms with Gasteiger partial charge in [0, 0.05) is 18.1 Å². The van der Waals surface area contributed by atoms with Gasteiger partial charge in [-0.1, -0.05) is 12.1 Å². The second kappa shape index (κ2) is 8.57. The third-order valence-corrected chi connectivity index (χ3v) is 3.73. The van der Waals surface area contributed by atoms with Gasteiger partial charge >= 0.3 is 5.97 Å². The molecular weight excluding hydrogens is 344 g/mol. The Balaban J connectivity index is 1.68. The molecule has 0 aliphatic rings. The van der Waals surface area contributed by atoms with Crippen LogP contribution in [0.3, 0.4) is 0 Å². The van der Waals surface area contributed by atoms with E-state index in [9.17, 15) is 9.59 Å². The Morgan fingerprint density at radius 3 is 2.63 bits per heavy atom. The number of hydrogen-bond donors (Lipinski definition) is 2. The number of amides is 1. The van der Waals surface area contributed by atoms with Crippen LogP contribution in [0.1, 0.15) is 26.4 Å². The van der Waals surface area contributed by atoms with Crippen LogP contribution in [-0.2, 0) is 11.3 Å². The highest BCUT2D eigenvalue weighted by Gasteiger charge is 2.09. The summed E-state index contributed by atoms with van der Waals surface area (Å²) in [6, 6.07) is 14.1. The highest BCUT2D eigenvalue weighted by atomic mass is 16.5. The Bertz CT molecular complexity index is 945. The monoisotopic (exact) mass is 362 g/mol. The number of nitrogens with one attached hydrogen (secondary N) is 2. The predicted octanol–water partition coefficient (Wildman–Crippen LogP) is 2.94. The fourth-order valence-corrected chi connectivity index (χ4v) is 2.42. The van der Waals surface area contributed by atoms with Crippen molar-refractivity contribution in [2.45, 2.75) is 6.54 Å². The lowest BCUT2D eigenvalue weighted by Crippen LogP contribution is -2.23. The molecule has 2 heterocycles. The molecule has 0 atom stereocenters. The first-order chi connectivity index (χ1) is 13.2. The number of anilines is 2. The number of pyridine rings is 2. The van der Waals surface area contributed by atoms with Gasteiger partial charge in [0.05, 0.1) is 42.4 Å². The number of carbonyl (C=O) groups excluding carboxylic acids is 2. The number of benzene rings is 1. The van der Waals surface area contributed by atoms with E-state index in [1.807, 2.05) is 18.2 Å². The first-order valence-electron chi connectivity index (χ1n) is 8.24. The van der Waals surface area contributed by atoms with Gasteiger partial charge < -0.3 is 15.4 Å². The summed E-state index contributed by atoms with van der Waals surface area (Å²) in [6.45, 7) is 0.332. The number of carbonyl (C=O) groups is 2. The van der Waals surface area contributed by atoms with Gasteiger partial charge in [0.15, 0.2) is 0 Å². The van der Waals surface area contributed by atoms with E-state index in [2.05, 4.69) is 20.6 Å². The van der Waals surface area contributed by atoms with E-state index in [1.54, 1.807) is 42.7 Å². The van der Waals surface area contributed by atoms with Crippen LogP contribution in [0.2, 0.25) is 0 Å². The number of ether oxygens (including phenoxy) is 1. The van der Waals surface area contributed by atoms with E-state index in [-0.39, 0.29) is 5.91 Å². The normalized spacial score (nSPS) is 10.1. The molecule has 2 N–H and O–H groups in total. The van der Waals surface area contributed by atoms with Crippen molar-refractivity contribution in [1.82, 2.24) is 15.3 Å². The van der Waals surface area contributed by atoms with Crippen LogP contribution >= 0.6 is 0 Å². The third kappa shape index (κ3) is 4.88. The smallest absolute Gasteiger partial charge is 0.337 e. The van der Waals surface area contributed by atoms with Crippen molar-refractivity contribution in [3.05, 3.63) is 83.9 Å². The molecule has 0 saturated heterocycles. The maximum Gasteiger partial charge on any atom is 0.337 e. The molecule has 3 rings (SSSR count). The lowest BCUT2D eigenvalue weighted by Gasteiger charge is -2.09. The zero-order chi connectivity index (χ0) is 19.1. The predicted molar refractivity (Wildman–Crippen MR) is 101 cm³/mol.